The molecule has 0 radical (unpaired) electrons. The smallest absolute Gasteiger partial charge is 0.244 e. The first kappa shape index (κ1) is 16.9. The molecule has 1 saturated heterocycles. The maximum Gasteiger partial charge on any atom is 0.244 e. The fourth-order valence-electron chi connectivity index (χ4n) is 2.13. The first-order valence-electron chi connectivity index (χ1n) is 6.32. The maximum atomic E-state index is 12.5. The normalized spacial score (nSPS) is 18.9. The second kappa shape index (κ2) is 6.36. The van der Waals surface area contributed by atoms with Crippen LogP contribution in [0.25, 0.3) is 0 Å². The highest BCUT2D eigenvalue weighted by atomic mass is 35.5. The standard InChI is InChI=1S/C12H16Cl2N2O4S/c1-16(8-12(17)2-4-20-5-3-12)21(18,19)9-6-10(13)11(14)15-7-9/h6-7,17H,2-5,8H2,1H3. The average Bonchev–Trinajstić information content (AvgIpc) is 2.42. The van der Waals surface area contributed by atoms with Gasteiger partial charge in [-0.3, -0.25) is 0 Å². The second-order valence-corrected chi connectivity index (χ2v) is 7.85. The van der Waals surface area contributed by atoms with Gasteiger partial charge < -0.3 is 9.84 Å². The summed E-state index contributed by atoms with van der Waals surface area (Å²) in [5.41, 5.74) is -1.08. The van der Waals surface area contributed by atoms with Gasteiger partial charge in [0.15, 0.2) is 0 Å². The van der Waals surface area contributed by atoms with Crippen molar-refractivity contribution in [2.45, 2.75) is 23.3 Å². The van der Waals surface area contributed by atoms with Gasteiger partial charge in [0.2, 0.25) is 10.0 Å². The molecular weight excluding hydrogens is 339 g/mol. The minimum absolute atomic E-state index is 0.0149. The van der Waals surface area contributed by atoms with Crippen LogP contribution in [0.2, 0.25) is 10.2 Å². The summed E-state index contributed by atoms with van der Waals surface area (Å²) < 4.78 is 31.2. The first-order valence-corrected chi connectivity index (χ1v) is 8.52. The highest BCUT2D eigenvalue weighted by Crippen LogP contribution is 2.26. The Kier molecular flexibility index (Phi) is 5.12. The van der Waals surface area contributed by atoms with E-state index in [0.29, 0.717) is 26.1 Å². The molecule has 1 fully saturated rings. The zero-order valence-corrected chi connectivity index (χ0v) is 13.7. The molecule has 0 aromatic carbocycles. The molecule has 0 unspecified atom stereocenters. The molecule has 2 heterocycles. The molecule has 1 aliphatic rings. The Hall–Kier alpha value is -0.440. The van der Waals surface area contributed by atoms with Crippen LogP contribution in [-0.4, -0.2) is 55.2 Å². The third kappa shape index (κ3) is 3.85. The summed E-state index contributed by atoms with van der Waals surface area (Å²) >= 11 is 11.5. The monoisotopic (exact) mass is 354 g/mol. The Labute approximate surface area is 133 Å². The number of sulfonamides is 1. The zero-order chi connectivity index (χ0) is 15.7. The first-order chi connectivity index (χ1) is 9.74. The van der Waals surface area contributed by atoms with Gasteiger partial charge in [0.1, 0.15) is 10.0 Å². The Morgan fingerprint density at radius 1 is 1.43 bits per heavy atom. The van der Waals surface area contributed by atoms with Gasteiger partial charge in [0, 0.05) is 45.8 Å². The third-order valence-electron chi connectivity index (χ3n) is 3.42. The quantitative estimate of drug-likeness (QED) is 0.829. The Balaban J connectivity index is 2.20. The molecule has 118 valence electrons. The largest absolute Gasteiger partial charge is 0.388 e. The van der Waals surface area contributed by atoms with E-state index in [0.717, 1.165) is 10.5 Å². The Morgan fingerprint density at radius 2 is 2.05 bits per heavy atom. The Morgan fingerprint density at radius 3 is 2.62 bits per heavy atom. The predicted molar refractivity (Wildman–Crippen MR) is 79.1 cm³/mol. The van der Waals surface area contributed by atoms with Crippen LogP contribution >= 0.6 is 23.2 Å². The van der Waals surface area contributed by atoms with Gasteiger partial charge >= 0.3 is 0 Å². The molecule has 1 N–H and O–H groups in total. The van der Waals surface area contributed by atoms with E-state index in [1.807, 2.05) is 0 Å². The molecule has 0 saturated carbocycles. The number of ether oxygens (including phenoxy) is 1. The van der Waals surface area contributed by atoms with Gasteiger partial charge in [0.05, 0.1) is 10.6 Å². The van der Waals surface area contributed by atoms with Crippen molar-refractivity contribution in [3.63, 3.8) is 0 Å². The number of aromatic nitrogens is 1. The number of hydrogen-bond donors (Lipinski definition) is 1. The van der Waals surface area contributed by atoms with Gasteiger partial charge in [-0.1, -0.05) is 23.2 Å². The number of pyridine rings is 1. The van der Waals surface area contributed by atoms with Gasteiger partial charge in [-0.2, -0.15) is 4.31 Å². The zero-order valence-electron chi connectivity index (χ0n) is 11.4. The molecular formula is C12H16Cl2N2O4S. The van der Waals surface area contributed by atoms with E-state index in [-0.39, 0.29) is 21.6 Å². The molecule has 6 nitrogen and oxygen atoms in total. The van der Waals surface area contributed by atoms with Crippen LogP contribution in [0, 0.1) is 0 Å². The lowest BCUT2D eigenvalue weighted by atomic mass is 9.95. The summed E-state index contributed by atoms with van der Waals surface area (Å²) in [5.74, 6) is 0. The van der Waals surface area contributed by atoms with Gasteiger partial charge in [-0.15, -0.1) is 0 Å². The minimum atomic E-state index is -3.79. The van der Waals surface area contributed by atoms with E-state index >= 15 is 0 Å². The molecule has 0 spiro atoms. The number of aliphatic hydroxyl groups is 1. The van der Waals surface area contributed by atoms with Crippen molar-refractivity contribution in [2.75, 3.05) is 26.8 Å². The summed E-state index contributed by atoms with van der Waals surface area (Å²) in [5, 5.41) is 10.5. The van der Waals surface area contributed by atoms with E-state index in [1.165, 1.54) is 13.1 Å². The van der Waals surface area contributed by atoms with E-state index in [2.05, 4.69) is 4.98 Å². The number of rotatable bonds is 4. The predicted octanol–water partition coefficient (Wildman–Crippen LogP) is 1.55. The van der Waals surface area contributed by atoms with Crippen molar-refractivity contribution >= 4 is 33.2 Å². The van der Waals surface area contributed by atoms with E-state index in [1.54, 1.807) is 0 Å². The summed E-state index contributed by atoms with van der Waals surface area (Å²) in [6.07, 6.45) is 1.94. The SMILES string of the molecule is CN(CC1(O)CCOCC1)S(=O)(=O)c1cnc(Cl)c(Cl)c1. The number of halogens is 2. The van der Waals surface area contributed by atoms with Crippen LogP contribution < -0.4 is 0 Å². The fourth-order valence-corrected chi connectivity index (χ4v) is 3.69. The van der Waals surface area contributed by atoms with Crippen molar-refractivity contribution in [2.24, 2.45) is 0 Å². The summed E-state index contributed by atoms with van der Waals surface area (Å²) in [6.45, 7) is 0.816. The molecule has 1 aromatic rings. The molecule has 0 aliphatic carbocycles. The summed E-state index contributed by atoms with van der Waals surface area (Å²) in [7, 11) is -2.38. The van der Waals surface area contributed by atoms with Gasteiger partial charge in [-0.05, 0) is 6.07 Å². The Bertz CT molecular complexity index is 618. The van der Waals surface area contributed by atoms with Crippen LogP contribution in [-0.2, 0) is 14.8 Å². The lowest BCUT2D eigenvalue weighted by Gasteiger charge is -2.34. The second-order valence-electron chi connectivity index (χ2n) is 5.04. The molecule has 0 atom stereocenters. The van der Waals surface area contributed by atoms with E-state index in [9.17, 15) is 13.5 Å². The van der Waals surface area contributed by atoms with Crippen LogP contribution in [0.15, 0.2) is 17.2 Å². The van der Waals surface area contributed by atoms with E-state index in [4.69, 9.17) is 27.9 Å². The molecule has 2 rings (SSSR count). The van der Waals surface area contributed by atoms with Crippen LogP contribution in [0.3, 0.4) is 0 Å². The van der Waals surface area contributed by atoms with Gasteiger partial charge in [0.25, 0.3) is 0 Å². The van der Waals surface area contributed by atoms with Crippen molar-refractivity contribution in [1.82, 2.24) is 9.29 Å². The van der Waals surface area contributed by atoms with Crippen LogP contribution in [0.4, 0.5) is 0 Å². The van der Waals surface area contributed by atoms with Gasteiger partial charge in [-0.25, -0.2) is 13.4 Å². The van der Waals surface area contributed by atoms with Crippen molar-refractivity contribution in [3.8, 4) is 0 Å². The highest BCUT2D eigenvalue weighted by Gasteiger charge is 2.35. The van der Waals surface area contributed by atoms with E-state index < -0.39 is 15.6 Å². The third-order valence-corrected chi connectivity index (χ3v) is 5.87. The summed E-state index contributed by atoms with van der Waals surface area (Å²) in [4.78, 5) is 3.68. The lowest BCUT2D eigenvalue weighted by Crippen LogP contribution is -2.47. The van der Waals surface area contributed by atoms with Crippen molar-refractivity contribution in [1.29, 1.82) is 0 Å². The molecule has 21 heavy (non-hydrogen) atoms. The highest BCUT2D eigenvalue weighted by molar-refractivity contribution is 7.89. The molecule has 9 heteroatoms. The molecule has 1 aromatic heterocycles. The van der Waals surface area contributed by atoms with Crippen molar-refractivity contribution in [3.05, 3.63) is 22.4 Å². The summed E-state index contributed by atoms with van der Waals surface area (Å²) in [6, 6.07) is 1.25. The average molecular weight is 355 g/mol. The topological polar surface area (TPSA) is 79.7 Å². The number of hydrogen-bond acceptors (Lipinski definition) is 5. The van der Waals surface area contributed by atoms with Crippen LogP contribution in [0.1, 0.15) is 12.8 Å². The van der Waals surface area contributed by atoms with Crippen molar-refractivity contribution < 1.29 is 18.3 Å². The minimum Gasteiger partial charge on any atom is -0.388 e. The lowest BCUT2D eigenvalue weighted by molar-refractivity contribution is -0.0689. The molecule has 1 aliphatic heterocycles. The molecule has 0 amide bonds. The van der Waals surface area contributed by atoms with Crippen LogP contribution in [0.5, 0.6) is 0 Å². The number of nitrogens with zero attached hydrogens (tertiary/aromatic N) is 2. The fraction of sp³-hybridized carbons (Fsp3) is 0.583. The molecule has 0 bridgehead atoms. The maximum absolute atomic E-state index is 12.5. The number of likely N-dealkylation sites (N-methyl/N-ethyl adjacent to an activating group) is 1.